The summed E-state index contributed by atoms with van der Waals surface area (Å²) in [5.41, 5.74) is 0. The summed E-state index contributed by atoms with van der Waals surface area (Å²) in [7, 11) is 0. The van der Waals surface area contributed by atoms with Crippen LogP contribution in [-0.2, 0) is 4.79 Å². The number of rotatable bonds is 6. The molecule has 70 valence electrons. The predicted octanol–water partition coefficient (Wildman–Crippen LogP) is 3.20. The molecule has 1 atom stereocenters. The van der Waals surface area contributed by atoms with Gasteiger partial charge < -0.3 is 0 Å². The first-order valence-corrected chi connectivity index (χ1v) is 4.73. The quantitative estimate of drug-likeness (QED) is 0.439. The number of hydrogen-bond donors (Lipinski definition) is 0. The number of hydrogen-bond acceptors (Lipinski definition) is 1. The van der Waals surface area contributed by atoms with Gasteiger partial charge in [0.05, 0.1) is 0 Å². The van der Waals surface area contributed by atoms with Crippen LogP contribution in [0.5, 0.6) is 0 Å². The van der Waals surface area contributed by atoms with Crippen LogP contribution in [0.3, 0.4) is 0 Å². The minimum absolute atomic E-state index is 0.217. The Bertz CT molecular complexity index is 147. The Hall–Kier alpha value is -0.590. The predicted molar refractivity (Wildman–Crippen MR) is 53.1 cm³/mol. The summed E-state index contributed by atoms with van der Waals surface area (Å²) >= 11 is 0. The zero-order valence-corrected chi connectivity index (χ0v) is 8.47. The molecule has 0 fully saturated rings. The largest absolute Gasteiger partial charge is 0.299 e. The lowest BCUT2D eigenvalue weighted by Crippen LogP contribution is -2.16. The molecule has 12 heavy (non-hydrogen) atoms. The van der Waals surface area contributed by atoms with Crippen LogP contribution >= 0.6 is 0 Å². The van der Waals surface area contributed by atoms with Crippen LogP contribution in [-0.4, -0.2) is 5.78 Å². The van der Waals surface area contributed by atoms with Gasteiger partial charge in [-0.05, 0) is 18.8 Å². The number of unbranched alkanes of at least 4 members (excludes halogenated alkanes) is 1. The minimum atomic E-state index is 0.217. The van der Waals surface area contributed by atoms with E-state index in [-0.39, 0.29) is 5.92 Å². The molecule has 0 aliphatic rings. The van der Waals surface area contributed by atoms with Gasteiger partial charge in [-0.1, -0.05) is 26.8 Å². The summed E-state index contributed by atoms with van der Waals surface area (Å²) in [5, 5.41) is 0. The highest BCUT2D eigenvalue weighted by Gasteiger charge is 2.15. The second-order valence-corrected chi connectivity index (χ2v) is 3.68. The maximum Gasteiger partial charge on any atom is 0.135 e. The highest BCUT2D eigenvalue weighted by Crippen LogP contribution is 2.14. The molecule has 0 heterocycles. The Labute approximate surface area is 75.9 Å². The molecular weight excluding hydrogens is 148 g/mol. The van der Waals surface area contributed by atoms with E-state index in [9.17, 15) is 4.79 Å². The van der Waals surface area contributed by atoms with Crippen molar-refractivity contribution in [2.24, 2.45) is 11.8 Å². The van der Waals surface area contributed by atoms with E-state index < -0.39 is 0 Å². The Morgan fingerprint density at radius 2 is 2.00 bits per heavy atom. The second kappa shape index (κ2) is 5.99. The van der Waals surface area contributed by atoms with Crippen LogP contribution in [0, 0.1) is 11.8 Å². The summed E-state index contributed by atoms with van der Waals surface area (Å²) in [4.78, 5) is 11.4. The average Bonchev–Trinajstić information content (AvgIpc) is 2.03. The zero-order valence-electron chi connectivity index (χ0n) is 8.47. The molecule has 0 spiro atoms. The van der Waals surface area contributed by atoms with Crippen LogP contribution in [0.1, 0.15) is 40.0 Å². The highest BCUT2D eigenvalue weighted by atomic mass is 16.1. The molecule has 1 nitrogen and oxygen atoms in total. The van der Waals surface area contributed by atoms with E-state index in [4.69, 9.17) is 0 Å². The Morgan fingerprint density at radius 3 is 2.42 bits per heavy atom. The van der Waals surface area contributed by atoms with Crippen LogP contribution in [0.2, 0.25) is 0 Å². The van der Waals surface area contributed by atoms with Crippen molar-refractivity contribution in [3.05, 3.63) is 12.7 Å². The van der Waals surface area contributed by atoms with Gasteiger partial charge in [0.15, 0.2) is 0 Å². The smallest absolute Gasteiger partial charge is 0.135 e. The maximum atomic E-state index is 11.4. The molecule has 1 heteroatoms. The fraction of sp³-hybridized carbons (Fsp3) is 0.727. The lowest BCUT2D eigenvalue weighted by atomic mass is 9.91. The van der Waals surface area contributed by atoms with Gasteiger partial charge in [-0.3, -0.25) is 4.79 Å². The van der Waals surface area contributed by atoms with Gasteiger partial charge in [0.25, 0.3) is 0 Å². The van der Waals surface area contributed by atoms with Crippen molar-refractivity contribution in [3.63, 3.8) is 0 Å². The SMILES string of the molecule is C=CCCCC(=O)[C@@H](C)C(C)C. The Kier molecular flexibility index (Phi) is 5.69. The minimum Gasteiger partial charge on any atom is -0.299 e. The summed E-state index contributed by atoms with van der Waals surface area (Å²) in [6.45, 7) is 9.83. The monoisotopic (exact) mass is 168 g/mol. The molecule has 0 unspecified atom stereocenters. The Morgan fingerprint density at radius 1 is 1.42 bits per heavy atom. The van der Waals surface area contributed by atoms with Crippen LogP contribution < -0.4 is 0 Å². The van der Waals surface area contributed by atoms with E-state index in [1.165, 1.54) is 0 Å². The first-order chi connectivity index (χ1) is 5.59. The van der Waals surface area contributed by atoms with Gasteiger partial charge in [-0.15, -0.1) is 6.58 Å². The molecular formula is C11H20O. The molecule has 0 radical (unpaired) electrons. The van der Waals surface area contributed by atoms with Gasteiger partial charge in [0, 0.05) is 12.3 Å². The van der Waals surface area contributed by atoms with Crippen molar-refractivity contribution in [2.75, 3.05) is 0 Å². The van der Waals surface area contributed by atoms with E-state index in [0.29, 0.717) is 18.1 Å². The molecule has 0 aromatic rings. The number of carbonyl (C=O) groups excluding carboxylic acids is 1. The molecule has 0 amide bonds. The lowest BCUT2D eigenvalue weighted by Gasteiger charge is -2.13. The summed E-state index contributed by atoms with van der Waals surface area (Å²) < 4.78 is 0. The molecule has 0 N–H and O–H groups in total. The van der Waals surface area contributed by atoms with Gasteiger partial charge in [-0.25, -0.2) is 0 Å². The Balaban J connectivity index is 3.64. The number of allylic oxidation sites excluding steroid dienone is 1. The first-order valence-electron chi connectivity index (χ1n) is 4.73. The summed E-state index contributed by atoms with van der Waals surface area (Å²) in [6.07, 6.45) is 4.49. The highest BCUT2D eigenvalue weighted by molar-refractivity contribution is 5.80. The summed E-state index contributed by atoms with van der Waals surface area (Å²) in [5.74, 6) is 1.09. The molecule has 0 bridgehead atoms. The zero-order chi connectivity index (χ0) is 9.56. The van der Waals surface area contributed by atoms with Crippen LogP contribution in [0.15, 0.2) is 12.7 Å². The van der Waals surface area contributed by atoms with Crippen molar-refractivity contribution >= 4 is 5.78 Å². The average molecular weight is 168 g/mol. The molecule has 0 rings (SSSR count). The number of ketones is 1. The van der Waals surface area contributed by atoms with Crippen LogP contribution in [0.25, 0.3) is 0 Å². The second-order valence-electron chi connectivity index (χ2n) is 3.68. The van der Waals surface area contributed by atoms with Gasteiger partial charge in [-0.2, -0.15) is 0 Å². The van der Waals surface area contributed by atoms with E-state index in [1.807, 2.05) is 13.0 Å². The van der Waals surface area contributed by atoms with E-state index in [1.54, 1.807) is 0 Å². The fourth-order valence-corrected chi connectivity index (χ4v) is 1.02. The molecule has 0 aromatic heterocycles. The first kappa shape index (κ1) is 11.4. The van der Waals surface area contributed by atoms with Crippen molar-refractivity contribution < 1.29 is 4.79 Å². The standard InChI is InChI=1S/C11H20O/c1-5-6-7-8-11(12)10(4)9(2)3/h5,9-10H,1,6-8H2,2-4H3/t10-/m0/s1. The number of Topliss-reactive ketones (excluding diaryl/α,β-unsaturated/α-hetero) is 1. The maximum absolute atomic E-state index is 11.4. The molecule has 0 aliphatic carbocycles. The third-order valence-corrected chi connectivity index (χ3v) is 2.34. The van der Waals surface area contributed by atoms with Crippen molar-refractivity contribution in [1.82, 2.24) is 0 Å². The number of carbonyl (C=O) groups is 1. The normalized spacial score (nSPS) is 13.0. The topological polar surface area (TPSA) is 17.1 Å². The van der Waals surface area contributed by atoms with Gasteiger partial charge in [0.1, 0.15) is 5.78 Å². The van der Waals surface area contributed by atoms with E-state index in [0.717, 1.165) is 12.8 Å². The molecule has 0 saturated carbocycles. The lowest BCUT2D eigenvalue weighted by molar-refractivity contribution is -0.123. The van der Waals surface area contributed by atoms with Crippen molar-refractivity contribution in [1.29, 1.82) is 0 Å². The molecule has 0 saturated heterocycles. The summed E-state index contributed by atoms with van der Waals surface area (Å²) in [6, 6.07) is 0. The fourth-order valence-electron chi connectivity index (χ4n) is 1.02. The van der Waals surface area contributed by atoms with Gasteiger partial charge in [0.2, 0.25) is 0 Å². The van der Waals surface area contributed by atoms with Crippen molar-refractivity contribution in [2.45, 2.75) is 40.0 Å². The van der Waals surface area contributed by atoms with E-state index >= 15 is 0 Å². The third-order valence-electron chi connectivity index (χ3n) is 2.34. The third kappa shape index (κ3) is 4.32. The van der Waals surface area contributed by atoms with Gasteiger partial charge >= 0.3 is 0 Å². The van der Waals surface area contributed by atoms with E-state index in [2.05, 4.69) is 20.4 Å². The molecule has 0 aromatic carbocycles. The van der Waals surface area contributed by atoms with Crippen molar-refractivity contribution in [3.8, 4) is 0 Å². The van der Waals surface area contributed by atoms with Crippen LogP contribution in [0.4, 0.5) is 0 Å². The molecule has 0 aliphatic heterocycles.